The van der Waals surface area contributed by atoms with E-state index in [0.717, 1.165) is 10.6 Å². The second-order valence-electron chi connectivity index (χ2n) is 7.92. The van der Waals surface area contributed by atoms with Gasteiger partial charge in [0, 0.05) is 5.02 Å². The molecule has 0 unspecified atom stereocenters. The predicted octanol–water partition coefficient (Wildman–Crippen LogP) is 9.22. The van der Waals surface area contributed by atoms with Crippen molar-refractivity contribution in [3.8, 4) is 0 Å². The van der Waals surface area contributed by atoms with E-state index in [1.54, 1.807) is 6.07 Å². The van der Waals surface area contributed by atoms with Crippen LogP contribution in [-0.2, 0) is 0 Å². The molecular formula is C27H34ClF. The second kappa shape index (κ2) is 13.2. The fourth-order valence-electron chi connectivity index (χ4n) is 2.72. The van der Waals surface area contributed by atoms with Gasteiger partial charge in [0.1, 0.15) is 5.82 Å². The lowest BCUT2D eigenvalue weighted by atomic mass is 10.0. The van der Waals surface area contributed by atoms with Gasteiger partial charge in [-0.05, 0) is 46.6 Å². The van der Waals surface area contributed by atoms with Gasteiger partial charge in [-0.1, -0.05) is 120 Å². The predicted molar refractivity (Wildman–Crippen MR) is 127 cm³/mol. The molecule has 3 aromatic carbocycles. The molecule has 0 aliphatic heterocycles. The van der Waals surface area contributed by atoms with Crippen LogP contribution in [0.2, 0.25) is 5.02 Å². The van der Waals surface area contributed by atoms with Crippen molar-refractivity contribution in [2.75, 3.05) is 0 Å². The molecule has 0 amide bonds. The molecular weight excluding hydrogens is 379 g/mol. The molecule has 0 spiro atoms. The first-order valence-corrected chi connectivity index (χ1v) is 10.7. The van der Waals surface area contributed by atoms with Crippen molar-refractivity contribution in [3.63, 3.8) is 0 Å². The highest BCUT2D eigenvalue weighted by atomic mass is 35.5. The Bertz CT molecular complexity index is 773. The van der Waals surface area contributed by atoms with Gasteiger partial charge in [-0.25, -0.2) is 4.39 Å². The molecule has 0 fully saturated rings. The van der Waals surface area contributed by atoms with Gasteiger partial charge in [0.05, 0.1) is 0 Å². The minimum Gasteiger partial charge on any atom is -0.207 e. The monoisotopic (exact) mass is 412 g/mol. The van der Waals surface area contributed by atoms with Crippen LogP contribution in [0.25, 0.3) is 0 Å². The maximum atomic E-state index is 12.8. The highest BCUT2D eigenvalue weighted by molar-refractivity contribution is 6.31. The van der Waals surface area contributed by atoms with E-state index in [2.05, 4.69) is 58.0 Å². The summed E-state index contributed by atoms with van der Waals surface area (Å²) in [7, 11) is 0. The van der Waals surface area contributed by atoms with Gasteiger partial charge in [-0.2, -0.15) is 0 Å². The maximum absolute atomic E-state index is 12.8. The summed E-state index contributed by atoms with van der Waals surface area (Å²) in [6.07, 6.45) is 0. The lowest BCUT2D eigenvalue weighted by Gasteiger charge is -2.05. The van der Waals surface area contributed by atoms with Crippen molar-refractivity contribution in [1.29, 1.82) is 0 Å². The van der Waals surface area contributed by atoms with Gasteiger partial charge < -0.3 is 0 Å². The Kier molecular flexibility index (Phi) is 11.3. The zero-order valence-corrected chi connectivity index (χ0v) is 19.2. The minimum atomic E-state index is -0.0995. The zero-order valence-electron chi connectivity index (χ0n) is 18.5. The van der Waals surface area contributed by atoms with Crippen LogP contribution >= 0.6 is 11.6 Å². The minimum absolute atomic E-state index is 0.0995. The number of hydrogen-bond donors (Lipinski definition) is 0. The normalized spacial score (nSPS) is 10.3. The van der Waals surface area contributed by atoms with E-state index in [9.17, 15) is 4.39 Å². The summed E-state index contributed by atoms with van der Waals surface area (Å²) in [6.45, 7) is 12.7. The van der Waals surface area contributed by atoms with Crippen LogP contribution in [0.15, 0.2) is 78.9 Å². The Morgan fingerprint density at radius 1 is 0.552 bits per heavy atom. The van der Waals surface area contributed by atoms with Crippen LogP contribution in [0.3, 0.4) is 0 Å². The van der Waals surface area contributed by atoms with Gasteiger partial charge in [-0.15, -0.1) is 0 Å². The number of halogens is 2. The first kappa shape index (κ1) is 24.9. The molecule has 0 saturated heterocycles. The van der Waals surface area contributed by atoms with Crippen LogP contribution in [-0.4, -0.2) is 0 Å². The van der Waals surface area contributed by atoms with Crippen molar-refractivity contribution in [3.05, 3.63) is 106 Å². The van der Waals surface area contributed by atoms with E-state index < -0.39 is 0 Å². The fourth-order valence-corrected chi connectivity index (χ4v) is 3.08. The lowest BCUT2D eigenvalue weighted by molar-refractivity contribution is 0.598. The Labute approximate surface area is 181 Å². The van der Waals surface area contributed by atoms with Crippen molar-refractivity contribution < 1.29 is 4.39 Å². The third-order valence-electron chi connectivity index (χ3n) is 4.52. The number of hydrogen-bond acceptors (Lipinski definition) is 0. The maximum Gasteiger partial charge on any atom is 0.126 e. The molecule has 0 atom stereocenters. The van der Waals surface area contributed by atoms with Crippen molar-refractivity contribution in [1.82, 2.24) is 0 Å². The molecule has 3 aromatic rings. The zero-order chi connectivity index (χ0) is 21.8. The molecule has 0 N–H and O–H groups in total. The smallest absolute Gasteiger partial charge is 0.126 e. The van der Waals surface area contributed by atoms with Crippen molar-refractivity contribution in [2.45, 2.75) is 59.3 Å². The molecule has 0 bridgehead atoms. The molecule has 0 heterocycles. The number of benzene rings is 3. The first-order valence-electron chi connectivity index (χ1n) is 10.3. The summed E-state index contributed by atoms with van der Waals surface area (Å²) in [5.74, 6) is 1.36. The highest BCUT2D eigenvalue weighted by Gasteiger charge is 2.03. The molecule has 0 nitrogen and oxygen atoms in total. The summed E-state index contributed by atoms with van der Waals surface area (Å²) in [4.78, 5) is 0. The van der Waals surface area contributed by atoms with Crippen LogP contribution in [0.4, 0.5) is 4.39 Å². The molecule has 0 aliphatic carbocycles. The van der Waals surface area contributed by atoms with Crippen LogP contribution in [0.1, 0.15) is 76.0 Å². The Hall–Kier alpha value is -2.12. The van der Waals surface area contributed by atoms with Gasteiger partial charge in [0.15, 0.2) is 0 Å². The third-order valence-corrected chi connectivity index (χ3v) is 4.86. The molecule has 0 saturated carbocycles. The molecule has 29 heavy (non-hydrogen) atoms. The summed E-state index contributed by atoms with van der Waals surface area (Å²) >= 11 is 5.92. The van der Waals surface area contributed by atoms with E-state index in [4.69, 9.17) is 11.6 Å². The molecule has 2 heteroatoms. The van der Waals surface area contributed by atoms with E-state index >= 15 is 0 Å². The fraction of sp³-hybridized carbons (Fsp3) is 0.333. The average molecular weight is 413 g/mol. The lowest BCUT2D eigenvalue weighted by Crippen LogP contribution is -1.90. The second-order valence-corrected chi connectivity index (χ2v) is 8.33. The van der Waals surface area contributed by atoms with E-state index in [1.807, 2.05) is 50.2 Å². The van der Waals surface area contributed by atoms with E-state index in [-0.39, 0.29) is 11.7 Å². The number of rotatable bonds is 3. The van der Waals surface area contributed by atoms with Gasteiger partial charge in [-0.3, -0.25) is 0 Å². The van der Waals surface area contributed by atoms with Gasteiger partial charge in [0.2, 0.25) is 0 Å². The standard InChI is InChI=1S/C9H11Cl.C9H11F.C9H12/c2*1-7(2)8-5-3-4-6-9(8)10;1-8(2)9-6-4-3-5-7-9/h2*3-7H,1-2H3;3-8H,1-2H3. The summed E-state index contributed by atoms with van der Waals surface area (Å²) in [6, 6.07) is 25.4. The van der Waals surface area contributed by atoms with E-state index in [0.29, 0.717) is 11.8 Å². The quantitative estimate of drug-likeness (QED) is 0.402. The van der Waals surface area contributed by atoms with Crippen LogP contribution in [0.5, 0.6) is 0 Å². The largest absolute Gasteiger partial charge is 0.207 e. The molecule has 3 rings (SSSR count). The van der Waals surface area contributed by atoms with Crippen LogP contribution < -0.4 is 0 Å². The highest BCUT2D eigenvalue weighted by Crippen LogP contribution is 2.22. The first-order chi connectivity index (χ1) is 13.7. The third kappa shape index (κ3) is 9.28. The van der Waals surface area contributed by atoms with Gasteiger partial charge in [0.25, 0.3) is 0 Å². The SMILES string of the molecule is CC(C)c1ccccc1.CC(C)c1ccccc1Cl.CC(C)c1ccccc1F. The van der Waals surface area contributed by atoms with Gasteiger partial charge >= 0.3 is 0 Å². The Balaban J connectivity index is 0.000000218. The van der Waals surface area contributed by atoms with E-state index in [1.165, 1.54) is 17.2 Å². The molecule has 0 aromatic heterocycles. The average Bonchev–Trinajstić information content (AvgIpc) is 2.70. The topological polar surface area (TPSA) is 0 Å². The summed E-state index contributed by atoms with van der Waals surface area (Å²) < 4.78 is 12.8. The summed E-state index contributed by atoms with van der Waals surface area (Å²) in [5, 5.41) is 0.873. The molecule has 0 aliphatic rings. The van der Waals surface area contributed by atoms with Crippen molar-refractivity contribution in [2.24, 2.45) is 0 Å². The molecule has 0 radical (unpaired) electrons. The summed E-state index contributed by atoms with van der Waals surface area (Å²) in [5.41, 5.74) is 3.43. The Morgan fingerprint density at radius 3 is 1.34 bits per heavy atom. The molecule has 156 valence electrons. The van der Waals surface area contributed by atoms with Crippen LogP contribution in [0, 0.1) is 5.82 Å². The van der Waals surface area contributed by atoms with Crippen molar-refractivity contribution >= 4 is 11.6 Å². The Morgan fingerprint density at radius 2 is 1.00 bits per heavy atom.